The van der Waals surface area contributed by atoms with Crippen molar-refractivity contribution in [3.05, 3.63) is 217 Å². The Hall–Kier alpha value is -7.16. The highest BCUT2D eigenvalue weighted by atomic mass is 15.1. The molecule has 1 heterocycles. The fourth-order valence-electron chi connectivity index (χ4n) is 9.54. The zero-order valence-corrected chi connectivity index (χ0v) is 32.9. The first-order chi connectivity index (χ1) is 28.4. The van der Waals surface area contributed by atoms with Gasteiger partial charge >= 0.3 is 0 Å². The van der Waals surface area contributed by atoms with E-state index in [9.17, 15) is 0 Å². The van der Waals surface area contributed by atoms with Crippen LogP contribution in [0.3, 0.4) is 0 Å². The summed E-state index contributed by atoms with van der Waals surface area (Å²) in [6.07, 6.45) is 0. The van der Waals surface area contributed by atoms with Gasteiger partial charge in [-0.15, -0.1) is 0 Å². The molecule has 11 rings (SSSR count). The van der Waals surface area contributed by atoms with Crippen LogP contribution < -0.4 is 4.90 Å². The van der Waals surface area contributed by atoms with Crippen LogP contribution in [0.15, 0.2) is 200 Å². The standard InChI is InChI=1S/C56H42N2/c1-37-23-31-52-48(33-37)49-34-41(39-17-9-5-10-18-39)26-32-53(49)58(52)44-29-30-47-50(35-44)56(2,3)51-36-54(45-21-13-14-22-46(45)55(47)51)57(42-19-11-6-12-20-42)43-27-24-40(25-28-43)38-15-7-4-8-16-38/h4-36H,1-3H3. The van der Waals surface area contributed by atoms with E-state index in [1.165, 1.54) is 94.0 Å². The number of hydrogen-bond donors (Lipinski definition) is 0. The Kier molecular flexibility index (Phi) is 7.78. The fraction of sp³-hybridized carbons (Fsp3) is 0.0714. The molecule has 10 aromatic rings. The third-order valence-corrected chi connectivity index (χ3v) is 12.4. The van der Waals surface area contributed by atoms with E-state index < -0.39 is 0 Å². The quantitative estimate of drug-likeness (QED) is 0.165. The predicted octanol–water partition coefficient (Wildman–Crippen LogP) is 15.4. The molecule has 0 saturated carbocycles. The second-order valence-electron chi connectivity index (χ2n) is 16.3. The van der Waals surface area contributed by atoms with Gasteiger partial charge in [-0.1, -0.05) is 153 Å². The van der Waals surface area contributed by atoms with Crippen LogP contribution in [-0.2, 0) is 5.41 Å². The SMILES string of the molecule is Cc1ccc2c(c1)c1cc(-c3ccccc3)ccc1n2-c1ccc2c(c1)C(C)(C)c1cc(N(c3ccccc3)c3ccc(-c4ccccc4)cc3)c3ccccc3c1-2. The van der Waals surface area contributed by atoms with Gasteiger partial charge in [0.05, 0.1) is 16.7 Å². The molecule has 1 aliphatic rings. The number of fused-ring (bicyclic) bond motifs is 8. The lowest BCUT2D eigenvalue weighted by atomic mass is 9.81. The average Bonchev–Trinajstić information content (AvgIpc) is 3.71. The highest BCUT2D eigenvalue weighted by molar-refractivity contribution is 6.12. The Morgan fingerprint density at radius 3 is 1.67 bits per heavy atom. The Bertz CT molecular complexity index is 3170. The Balaban J connectivity index is 1.09. The van der Waals surface area contributed by atoms with Crippen LogP contribution in [0.4, 0.5) is 17.1 Å². The summed E-state index contributed by atoms with van der Waals surface area (Å²) in [4.78, 5) is 2.44. The lowest BCUT2D eigenvalue weighted by Gasteiger charge is -2.30. The van der Waals surface area contributed by atoms with Gasteiger partial charge in [-0.25, -0.2) is 0 Å². The predicted molar refractivity (Wildman–Crippen MR) is 246 cm³/mol. The molecule has 0 N–H and O–H groups in total. The summed E-state index contributed by atoms with van der Waals surface area (Å²) < 4.78 is 2.47. The van der Waals surface area contributed by atoms with Gasteiger partial charge in [0.25, 0.3) is 0 Å². The zero-order valence-electron chi connectivity index (χ0n) is 32.9. The van der Waals surface area contributed by atoms with Gasteiger partial charge in [0.15, 0.2) is 0 Å². The summed E-state index contributed by atoms with van der Waals surface area (Å²) in [5.74, 6) is 0. The summed E-state index contributed by atoms with van der Waals surface area (Å²) in [5.41, 5.74) is 18.3. The summed E-state index contributed by atoms with van der Waals surface area (Å²) in [5, 5.41) is 5.06. The van der Waals surface area contributed by atoms with E-state index in [0.717, 1.165) is 11.4 Å². The van der Waals surface area contributed by atoms with Gasteiger partial charge in [0.1, 0.15) is 0 Å². The van der Waals surface area contributed by atoms with Crippen molar-refractivity contribution in [2.45, 2.75) is 26.2 Å². The number of hydrogen-bond acceptors (Lipinski definition) is 1. The molecule has 0 fully saturated rings. The highest BCUT2D eigenvalue weighted by Gasteiger charge is 2.38. The smallest absolute Gasteiger partial charge is 0.0543 e. The molecule has 9 aromatic carbocycles. The second kappa shape index (κ2) is 13.2. The minimum atomic E-state index is -0.255. The number of aromatic nitrogens is 1. The van der Waals surface area contributed by atoms with Crippen LogP contribution in [0.1, 0.15) is 30.5 Å². The first-order valence-electron chi connectivity index (χ1n) is 20.3. The molecule has 0 spiro atoms. The van der Waals surface area contributed by atoms with Crippen molar-refractivity contribution in [1.82, 2.24) is 4.57 Å². The molecule has 0 aliphatic heterocycles. The number of nitrogens with zero attached hydrogens (tertiary/aromatic N) is 2. The van der Waals surface area contributed by atoms with Gasteiger partial charge in [-0.3, -0.25) is 0 Å². The molecule has 0 amide bonds. The first kappa shape index (κ1) is 34.1. The topological polar surface area (TPSA) is 8.17 Å². The Morgan fingerprint density at radius 1 is 0.414 bits per heavy atom. The van der Waals surface area contributed by atoms with E-state index in [2.05, 4.69) is 230 Å². The molecule has 1 aliphatic carbocycles. The Labute approximate surface area is 339 Å². The van der Waals surface area contributed by atoms with Crippen LogP contribution >= 0.6 is 0 Å². The molecule has 58 heavy (non-hydrogen) atoms. The third-order valence-electron chi connectivity index (χ3n) is 12.4. The third kappa shape index (κ3) is 5.33. The Morgan fingerprint density at radius 2 is 0.966 bits per heavy atom. The zero-order chi connectivity index (χ0) is 39.0. The van der Waals surface area contributed by atoms with Crippen molar-refractivity contribution >= 4 is 49.6 Å². The molecule has 0 radical (unpaired) electrons. The summed E-state index contributed by atoms with van der Waals surface area (Å²) in [7, 11) is 0. The number of anilines is 3. The molecule has 276 valence electrons. The number of rotatable bonds is 6. The van der Waals surface area contributed by atoms with E-state index in [4.69, 9.17) is 0 Å². The van der Waals surface area contributed by atoms with E-state index >= 15 is 0 Å². The molecule has 0 unspecified atom stereocenters. The number of para-hydroxylation sites is 1. The summed E-state index contributed by atoms with van der Waals surface area (Å²) in [6.45, 7) is 7.00. The van der Waals surface area contributed by atoms with Gasteiger partial charge in [-0.05, 0) is 124 Å². The molecule has 0 atom stereocenters. The molecule has 0 bridgehead atoms. The molecular formula is C56H42N2. The maximum Gasteiger partial charge on any atom is 0.0543 e. The van der Waals surface area contributed by atoms with E-state index in [1.54, 1.807) is 0 Å². The molecule has 0 saturated heterocycles. The van der Waals surface area contributed by atoms with Crippen molar-refractivity contribution < 1.29 is 0 Å². The molecule has 1 aromatic heterocycles. The van der Waals surface area contributed by atoms with Crippen molar-refractivity contribution in [3.8, 4) is 39.1 Å². The molecule has 2 nitrogen and oxygen atoms in total. The van der Waals surface area contributed by atoms with Gasteiger partial charge in [0, 0.05) is 38.6 Å². The van der Waals surface area contributed by atoms with E-state index in [0.29, 0.717) is 0 Å². The lowest BCUT2D eigenvalue weighted by Crippen LogP contribution is -2.17. The average molecular weight is 743 g/mol. The minimum absolute atomic E-state index is 0.255. The van der Waals surface area contributed by atoms with Crippen LogP contribution in [-0.4, -0.2) is 4.57 Å². The monoisotopic (exact) mass is 742 g/mol. The van der Waals surface area contributed by atoms with Crippen LogP contribution in [0, 0.1) is 6.92 Å². The largest absolute Gasteiger partial charge is 0.310 e. The van der Waals surface area contributed by atoms with Crippen LogP contribution in [0.5, 0.6) is 0 Å². The van der Waals surface area contributed by atoms with Crippen molar-refractivity contribution in [2.75, 3.05) is 4.90 Å². The normalized spacial score (nSPS) is 12.9. The van der Waals surface area contributed by atoms with Crippen molar-refractivity contribution in [2.24, 2.45) is 0 Å². The molecular weight excluding hydrogens is 701 g/mol. The first-order valence-corrected chi connectivity index (χ1v) is 20.3. The van der Waals surface area contributed by atoms with Crippen molar-refractivity contribution in [1.29, 1.82) is 0 Å². The summed E-state index contributed by atoms with van der Waals surface area (Å²) >= 11 is 0. The van der Waals surface area contributed by atoms with E-state index in [1.807, 2.05) is 0 Å². The lowest BCUT2D eigenvalue weighted by molar-refractivity contribution is 0.660. The van der Waals surface area contributed by atoms with Gasteiger partial charge in [-0.2, -0.15) is 0 Å². The molecule has 2 heteroatoms. The van der Waals surface area contributed by atoms with Crippen LogP contribution in [0.2, 0.25) is 0 Å². The van der Waals surface area contributed by atoms with Crippen LogP contribution in [0.25, 0.3) is 71.6 Å². The summed E-state index contributed by atoms with van der Waals surface area (Å²) in [6, 6.07) is 73.6. The second-order valence-corrected chi connectivity index (χ2v) is 16.3. The van der Waals surface area contributed by atoms with E-state index in [-0.39, 0.29) is 5.41 Å². The number of benzene rings is 9. The van der Waals surface area contributed by atoms with Crippen molar-refractivity contribution in [3.63, 3.8) is 0 Å². The fourth-order valence-corrected chi connectivity index (χ4v) is 9.54. The maximum atomic E-state index is 2.48. The van der Waals surface area contributed by atoms with Gasteiger partial charge < -0.3 is 9.47 Å². The highest BCUT2D eigenvalue weighted by Crippen LogP contribution is 2.55. The van der Waals surface area contributed by atoms with Gasteiger partial charge in [0.2, 0.25) is 0 Å². The number of aryl methyl sites for hydroxylation is 1. The minimum Gasteiger partial charge on any atom is -0.310 e. The maximum absolute atomic E-state index is 2.48.